The van der Waals surface area contributed by atoms with E-state index in [1.165, 1.54) is 0 Å². The first-order valence-electron chi connectivity index (χ1n) is 6.45. The Morgan fingerprint density at radius 1 is 1.14 bits per heavy atom. The predicted molar refractivity (Wildman–Crippen MR) is 90.7 cm³/mol. The maximum absolute atomic E-state index is 12.0. The number of benzene rings is 2. The molecule has 0 unspecified atom stereocenters. The van der Waals surface area contributed by atoms with E-state index >= 15 is 0 Å². The largest absolute Gasteiger partial charge is 0.332 e. The molecule has 0 spiro atoms. The van der Waals surface area contributed by atoms with Crippen LogP contribution in [0.5, 0.6) is 0 Å². The smallest absolute Gasteiger partial charge is 0.230 e. The van der Waals surface area contributed by atoms with E-state index in [4.69, 9.17) is 23.8 Å². The molecule has 0 aliphatic rings. The Morgan fingerprint density at radius 2 is 1.81 bits per heavy atom. The number of hydrogen-bond acceptors (Lipinski definition) is 2. The van der Waals surface area contributed by atoms with Crippen LogP contribution in [-0.4, -0.2) is 11.0 Å². The lowest BCUT2D eigenvalue weighted by Crippen LogP contribution is -2.35. The summed E-state index contributed by atoms with van der Waals surface area (Å²) >= 11 is 10.9. The summed E-state index contributed by atoms with van der Waals surface area (Å²) in [6.07, 6.45) is 0.301. The third-order valence-electron chi connectivity index (χ3n) is 2.97. The Morgan fingerprint density at radius 3 is 2.48 bits per heavy atom. The first-order chi connectivity index (χ1) is 10.0. The van der Waals surface area contributed by atoms with Crippen LogP contribution in [0.4, 0.5) is 5.69 Å². The highest BCUT2D eigenvalue weighted by Gasteiger charge is 2.07. The van der Waals surface area contributed by atoms with Crippen molar-refractivity contribution in [3.05, 3.63) is 64.7 Å². The van der Waals surface area contributed by atoms with Crippen LogP contribution in [0, 0.1) is 6.92 Å². The third-order valence-corrected chi connectivity index (χ3v) is 3.42. The number of carbonyl (C=O) groups excluding carboxylic acids is 1. The molecule has 2 N–H and O–H groups in total. The molecular weight excluding hydrogens is 304 g/mol. The van der Waals surface area contributed by atoms with E-state index in [1.54, 1.807) is 24.3 Å². The number of aryl methyl sites for hydroxylation is 1. The fraction of sp³-hybridized carbons (Fsp3) is 0.125. The molecule has 5 heteroatoms. The number of halogens is 1. The van der Waals surface area contributed by atoms with Crippen LogP contribution in [0.25, 0.3) is 0 Å². The quantitative estimate of drug-likeness (QED) is 0.848. The molecule has 0 aromatic heterocycles. The average molecular weight is 319 g/mol. The molecule has 0 saturated carbocycles. The van der Waals surface area contributed by atoms with Crippen molar-refractivity contribution in [1.29, 1.82) is 0 Å². The van der Waals surface area contributed by atoms with Crippen LogP contribution in [0.1, 0.15) is 11.1 Å². The van der Waals surface area contributed by atoms with Gasteiger partial charge < -0.3 is 10.6 Å². The van der Waals surface area contributed by atoms with E-state index < -0.39 is 0 Å². The van der Waals surface area contributed by atoms with Crippen LogP contribution in [0.3, 0.4) is 0 Å². The molecule has 0 atom stereocenters. The molecule has 21 heavy (non-hydrogen) atoms. The zero-order valence-electron chi connectivity index (χ0n) is 11.5. The zero-order valence-corrected chi connectivity index (χ0v) is 13.1. The second-order valence-corrected chi connectivity index (χ2v) is 5.46. The molecule has 3 nitrogen and oxygen atoms in total. The van der Waals surface area contributed by atoms with Gasteiger partial charge in [-0.15, -0.1) is 0 Å². The predicted octanol–water partition coefficient (Wildman–Crippen LogP) is 3.70. The topological polar surface area (TPSA) is 41.1 Å². The molecule has 0 fully saturated rings. The number of carbonyl (C=O) groups is 1. The van der Waals surface area contributed by atoms with Crippen molar-refractivity contribution in [2.75, 3.05) is 5.32 Å². The molecule has 0 bridgehead atoms. The van der Waals surface area contributed by atoms with Gasteiger partial charge in [-0.05, 0) is 54.5 Å². The molecule has 0 heterocycles. The van der Waals surface area contributed by atoms with Crippen molar-refractivity contribution in [3.63, 3.8) is 0 Å². The normalized spacial score (nSPS) is 10.0. The van der Waals surface area contributed by atoms with Gasteiger partial charge >= 0.3 is 0 Å². The van der Waals surface area contributed by atoms with Crippen LogP contribution in [0.2, 0.25) is 5.02 Å². The number of nitrogens with one attached hydrogen (secondary N) is 2. The summed E-state index contributed by atoms with van der Waals surface area (Å²) in [5.41, 5.74) is 2.86. The Bertz CT molecular complexity index is 656. The minimum Gasteiger partial charge on any atom is -0.332 e. The van der Waals surface area contributed by atoms with E-state index in [9.17, 15) is 4.79 Å². The zero-order chi connectivity index (χ0) is 15.2. The van der Waals surface area contributed by atoms with Crippen LogP contribution in [0.15, 0.2) is 48.5 Å². The van der Waals surface area contributed by atoms with E-state index in [2.05, 4.69) is 10.6 Å². The van der Waals surface area contributed by atoms with Crippen LogP contribution in [-0.2, 0) is 11.2 Å². The van der Waals surface area contributed by atoms with E-state index in [1.807, 2.05) is 31.2 Å². The lowest BCUT2D eigenvalue weighted by atomic mass is 10.1. The molecule has 2 aromatic rings. The molecule has 0 aliphatic carbocycles. The fourth-order valence-corrected chi connectivity index (χ4v) is 2.21. The van der Waals surface area contributed by atoms with Crippen molar-refractivity contribution in [3.8, 4) is 0 Å². The Kier molecular flexibility index (Phi) is 5.31. The van der Waals surface area contributed by atoms with Gasteiger partial charge in [-0.2, -0.15) is 0 Å². The second-order valence-electron chi connectivity index (χ2n) is 4.61. The van der Waals surface area contributed by atoms with E-state index in [0.717, 1.165) is 16.8 Å². The lowest BCUT2D eigenvalue weighted by molar-refractivity contribution is -0.119. The lowest BCUT2D eigenvalue weighted by Gasteiger charge is -2.10. The van der Waals surface area contributed by atoms with Gasteiger partial charge in [-0.25, -0.2) is 0 Å². The molecule has 0 saturated heterocycles. The number of rotatable bonds is 3. The molecule has 0 aliphatic heterocycles. The van der Waals surface area contributed by atoms with Crippen LogP contribution < -0.4 is 10.6 Å². The number of anilines is 1. The van der Waals surface area contributed by atoms with Gasteiger partial charge in [0.1, 0.15) is 0 Å². The minimum atomic E-state index is -0.143. The van der Waals surface area contributed by atoms with Gasteiger partial charge in [-0.3, -0.25) is 4.79 Å². The first-order valence-corrected chi connectivity index (χ1v) is 7.24. The number of thiocarbonyl (C=S) groups is 1. The van der Waals surface area contributed by atoms with E-state index in [0.29, 0.717) is 11.4 Å². The van der Waals surface area contributed by atoms with Gasteiger partial charge in [0.2, 0.25) is 5.91 Å². The van der Waals surface area contributed by atoms with Crippen molar-refractivity contribution < 1.29 is 4.79 Å². The molecule has 2 aromatic carbocycles. The van der Waals surface area contributed by atoms with Gasteiger partial charge in [0.25, 0.3) is 0 Å². The minimum absolute atomic E-state index is 0.143. The molecule has 108 valence electrons. The second kappa shape index (κ2) is 7.20. The van der Waals surface area contributed by atoms with Crippen molar-refractivity contribution in [2.24, 2.45) is 0 Å². The van der Waals surface area contributed by atoms with Crippen molar-refractivity contribution in [2.45, 2.75) is 13.3 Å². The SMILES string of the molecule is Cc1ccccc1CC(=O)NC(=S)Nc1ccc(Cl)cc1. The van der Waals surface area contributed by atoms with Gasteiger partial charge in [-0.1, -0.05) is 35.9 Å². The summed E-state index contributed by atoms with van der Waals surface area (Å²) in [7, 11) is 0. The summed E-state index contributed by atoms with van der Waals surface area (Å²) in [6, 6.07) is 14.9. The molecule has 0 radical (unpaired) electrons. The maximum Gasteiger partial charge on any atom is 0.230 e. The average Bonchev–Trinajstić information content (AvgIpc) is 2.44. The highest BCUT2D eigenvalue weighted by molar-refractivity contribution is 7.80. The summed E-state index contributed by atoms with van der Waals surface area (Å²) < 4.78 is 0. The summed E-state index contributed by atoms with van der Waals surface area (Å²) in [5, 5.41) is 6.53. The van der Waals surface area contributed by atoms with E-state index in [-0.39, 0.29) is 11.0 Å². The number of hydrogen-bond donors (Lipinski definition) is 2. The first kappa shape index (κ1) is 15.5. The fourth-order valence-electron chi connectivity index (χ4n) is 1.85. The highest BCUT2D eigenvalue weighted by Crippen LogP contribution is 2.13. The van der Waals surface area contributed by atoms with Gasteiger partial charge in [0, 0.05) is 10.7 Å². The molecular formula is C16H15ClN2OS. The van der Waals surface area contributed by atoms with Gasteiger partial charge in [0.15, 0.2) is 5.11 Å². The van der Waals surface area contributed by atoms with Gasteiger partial charge in [0.05, 0.1) is 6.42 Å². The summed E-state index contributed by atoms with van der Waals surface area (Å²) in [6.45, 7) is 1.98. The molecule has 1 amide bonds. The maximum atomic E-state index is 12.0. The van der Waals surface area contributed by atoms with Crippen molar-refractivity contribution in [1.82, 2.24) is 5.32 Å². The Labute approximate surface area is 134 Å². The number of amides is 1. The Balaban J connectivity index is 1.89. The highest BCUT2D eigenvalue weighted by atomic mass is 35.5. The summed E-state index contributed by atoms with van der Waals surface area (Å²) in [4.78, 5) is 12.0. The monoisotopic (exact) mass is 318 g/mol. The van der Waals surface area contributed by atoms with Crippen molar-refractivity contribution >= 4 is 40.5 Å². The third kappa shape index (κ3) is 4.85. The molecule has 2 rings (SSSR count). The standard InChI is InChI=1S/C16H15ClN2OS/c1-11-4-2-3-5-12(11)10-15(20)19-16(21)18-14-8-6-13(17)7-9-14/h2-9H,10H2,1H3,(H2,18,19,20,21). The van der Waals surface area contributed by atoms with Crippen LogP contribution >= 0.6 is 23.8 Å². The Hall–Kier alpha value is -1.91. The summed E-state index contributed by atoms with van der Waals surface area (Å²) in [5.74, 6) is -0.143.